The number of hydrogen-bond acceptors (Lipinski definition) is 7. The highest BCUT2D eigenvalue weighted by atomic mass is 19.4. The standard InChI is InChI=1S/C21H22F3N7O2/c1-13-25-29-31(28-13)12-17-11-18(21(22,23)24)5-3-15(17)4-6-19(32)30-9-7-16(8-10-30)20-27-26-14(2)33-20/h3-6,11,16H,7-10,12H2,1-2H3. The van der Waals surface area contributed by atoms with Gasteiger partial charge in [0.1, 0.15) is 0 Å². The second-order valence-electron chi connectivity index (χ2n) is 7.87. The predicted molar refractivity (Wildman–Crippen MR) is 110 cm³/mol. The highest BCUT2D eigenvalue weighted by Gasteiger charge is 2.31. The first kappa shape index (κ1) is 22.6. The van der Waals surface area contributed by atoms with Crippen LogP contribution in [-0.2, 0) is 17.5 Å². The number of aromatic nitrogens is 6. The van der Waals surface area contributed by atoms with E-state index in [-0.39, 0.29) is 18.4 Å². The number of carbonyl (C=O) groups excluding carboxylic acids is 1. The number of likely N-dealkylation sites (tertiary alicyclic amines) is 1. The number of benzene rings is 1. The van der Waals surface area contributed by atoms with Gasteiger partial charge in [0.2, 0.25) is 17.7 Å². The van der Waals surface area contributed by atoms with E-state index in [2.05, 4.69) is 25.6 Å². The average molecular weight is 461 g/mol. The van der Waals surface area contributed by atoms with E-state index in [0.717, 1.165) is 12.1 Å². The molecule has 1 fully saturated rings. The van der Waals surface area contributed by atoms with Crippen molar-refractivity contribution in [3.63, 3.8) is 0 Å². The second kappa shape index (κ2) is 9.12. The summed E-state index contributed by atoms with van der Waals surface area (Å²) in [6.45, 7) is 4.41. The smallest absolute Gasteiger partial charge is 0.416 e. The number of carbonyl (C=O) groups is 1. The molecule has 3 aromatic rings. The summed E-state index contributed by atoms with van der Waals surface area (Å²) in [7, 11) is 0. The van der Waals surface area contributed by atoms with E-state index in [0.29, 0.717) is 54.7 Å². The molecular weight excluding hydrogens is 439 g/mol. The molecule has 1 aliphatic heterocycles. The van der Waals surface area contributed by atoms with Crippen molar-refractivity contribution in [1.82, 2.24) is 35.3 Å². The maximum atomic E-state index is 13.2. The molecule has 2 aromatic heterocycles. The Labute approximate surface area is 187 Å². The molecule has 1 amide bonds. The van der Waals surface area contributed by atoms with Gasteiger partial charge in [0.05, 0.1) is 12.1 Å². The van der Waals surface area contributed by atoms with Gasteiger partial charge in [0.25, 0.3) is 0 Å². The molecule has 0 radical (unpaired) electrons. The highest BCUT2D eigenvalue weighted by molar-refractivity contribution is 5.92. The molecule has 9 nitrogen and oxygen atoms in total. The van der Waals surface area contributed by atoms with Crippen LogP contribution in [0, 0.1) is 13.8 Å². The lowest BCUT2D eigenvalue weighted by atomic mass is 9.96. The number of halogens is 3. The second-order valence-corrected chi connectivity index (χ2v) is 7.87. The van der Waals surface area contributed by atoms with Crippen molar-refractivity contribution < 1.29 is 22.4 Å². The summed E-state index contributed by atoms with van der Waals surface area (Å²) in [6.07, 6.45) is -0.188. The van der Waals surface area contributed by atoms with E-state index in [9.17, 15) is 18.0 Å². The highest BCUT2D eigenvalue weighted by Crippen LogP contribution is 2.31. The molecule has 0 unspecified atom stereocenters. The Morgan fingerprint density at radius 1 is 1.18 bits per heavy atom. The minimum Gasteiger partial charge on any atom is -0.425 e. The zero-order valence-corrected chi connectivity index (χ0v) is 18.1. The molecule has 4 rings (SSSR count). The summed E-state index contributed by atoms with van der Waals surface area (Å²) in [4.78, 5) is 15.6. The van der Waals surface area contributed by atoms with Gasteiger partial charge in [-0.05, 0) is 54.3 Å². The topological polar surface area (TPSA) is 103 Å². The van der Waals surface area contributed by atoms with E-state index in [1.165, 1.54) is 23.0 Å². The first-order chi connectivity index (χ1) is 15.7. The SMILES string of the molecule is Cc1nnn(Cc2cc(C(F)(F)F)ccc2C=CC(=O)N2CCC(c3nnc(C)o3)CC2)n1. The van der Waals surface area contributed by atoms with Crippen molar-refractivity contribution in [1.29, 1.82) is 0 Å². The minimum absolute atomic E-state index is 0.00633. The van der Waals surface area contributed by atoms with Gasteiger partial charge in [-0.15, -0.1) is 20.4 Å². The van der Waals surface area contributed by atoms with Crippen LogP contribution in [0.4, 0.5) is 13.2 Å². The molecule has 174 valence electrons. The van der Waals surface area contributed by atoms with Crippen LogP contribution < -0.4 is 0 Å². The molecule has 0 aliphatic carbocycles. The largest absolute Gasteiger partial charge is 0.425 e. The van der Waals surface area contributed by atoms with Crippen LogP contribution in [0.1, 0.15) is 53.1 Å². The number of alkyl halides is 3. The first-order valence-corrected chi connectivity index (χ1v) is 10.4. The molecule has 0 saturated carbocycles. The van der Waals surface area contributed by atoms with Crippen molar-refractivity contribution in [2.75, 3.05) is 13.1 Å². The maximum absolute atomic E-state index is 13.2. The van der Waals surface area contributed by atoms with E-state index < -0.39 is 11.7 Å². The first-order valence-electron chi connectivity index (χ1n) is 10.4. The monoisotopic (exact) mass is 461 g/mol. The molecule has 0 atom stereocenters. The van der Waals surface area contributed by atoms with Gasteiger partial charge in [-0.2, -0.15) is 18.0 Å². The van der Waals surface area contributed by atoms with Crippen LogP contribution in [0.3, 0.4) is 0 Å². The molecule has 0 bridgehead atoms. The van der Waals surface area contributed by atoms with E-state index in [1.54, 1.807) is 18.7 Å². The fourth-order valence-electron chi connectivity index (χ4n) is 3.71. The fourth-order valence-corrected chi connectivity index (χ4v) is 3.71. The van der Waals surface area contributed by atoms with Gasteiger partial charge in [-0.1, -0.05) is 6.07 Å². The molecule has 0 spiro atoms. The lowest BCUT2D eigenvalue weighted by Crippen LogP contribution is -2.36. The fraction of sp³-hybridized carbons (Fsp3) is 0.429. The molecule has 12 heteroatoms. The molecule has 1 aliphatic rings. The Kier molecular flexibility index (Phi) is 6.25. The number of rotatable bonds is 5. The molecule has 1 saturated heterocycles. The number of aryl methyl sites for hydroxylation is 2. The lowest BCUT2D eigenvalue weighted by molar-refractivity contribution is -0.137. The molecular formula is C21H22F3N7O2. The predicted octanol–water partition coefficient (Wildman–Crippen LogP) is 3.16. The van der Waals surface area contributed by atoms with Crippen molar-refractivity contribution in [2.24, 2.45) is 0 Å². The number of tetrazole rings is 1. The molecule has 3 heterocycles. The quantitative estimate of drug-likeness (QED) is 0.538. The Morgan fingerprint density at radius 3 is 2.55 bits per heavy atom. The van der Waals surface area contributed by atoms with Crippen LogP contribution in [0.15, 0.2) is 28.7 Å². The number of piperidine rings is 1. The van der Waals surface area contributed by atoms with Crippen LogP contribution in [-0.4, -0.2) is 54.3 Å². The van der Waals surface area contributed by atoms with Crippen molar-refractivity contribution in [2.45, 2.75) is 45.3 Å². The van der Waals surface area contributed by atoms with Crippen molar-refractivity contribution >= 4 is 12.0 Å². The summed E-state index contributed by atoms with van der Waals surface area (Å²) in [6, 6.07) is 3.38. The van der Waals surface area contributed by atoms with Crippen LogP contribution in [0.25, 0.3) is 6.08 Å². The molecule has 33 heavy (non-hydrogen) atoms. The third-order valence-corrected chi connectivity index (χ3v) is 5.44. The summed E-state index contributed by atoms with van der Waals surface area (Å²) in [5.41, 5.74) is 0.0235. The Morgan fingerprint density at radius 2 is 1.94 bits per heavy atom. The number of amides is 1. The normalized spacial score (nSPS) is 15.5. The minimum atomic E-state index is -4.49. The van der Waals surface area contributed by atoms with Gasteiger partial charge >= 0.3 is 6.18 Å². The summed E-state index contributed by atoms with van der Waals surface area (Å²) in [5.74, 6) is 1.40. The van der Waals surface area contributed by atoms with E-state index in [1.807, 2.05) is 0 Å². The zero-order chi connectivity index (χ0) is 23.6. The van der Waals surface area contributed by atoms with E-state index >= 15 is 0 Å². The average Bonchev–Trinajstić information content (AvgIpc) is 3.40. The summed E-state index contributed by atoms with van der Waals surface area (Å²) in [5, 5.41) is 19.5. The molecule has 1 aromatic carbocycles. The van der Waals surface area contributed by atoms with Gasteiger partial charge in [0.15, 0.2) is 5.82 Å². The van der Waals surface area contributed by atoms with E-state index in [4.69, 9.17) is 4.42 Å². The Bertz CT molecular complexity index is 1160. The molecule has 0 N–H and O–H groups in total. The van der Waals surface area contributed by atoms with Crippen molar-refractivity contribution in [3.8, 4) is 0 Å². The maximum Gasteiger partial charge on any atom is 0.416 e. The van der Waals surface area contributed by atoms with Crippen LogP contribution in [0.2, 0.25) is 0 Å². The summed E-state index contributed by atoms with van der Waals surface area (Å²) >= 11 is 0. The van der Waals surface area contributed by atoms with Gasteiger partial charge in [0, 0.05) is 32.0 Å². The van der Waals surface area contributed by atoms with Crippen LogP contribution in [0.5, 0.6) is 0 Å². The van der Waals surface area contributed by atoms with Gasteiger partial charge in [-0.25, -0.2) is 0 Å². The van der Waals surface area contributed by atoms with Crippen molar-refractivity contribution in [3.05, 3.63) is 58.6 Å². The van der Waals surface area contributed by atoms with Gasteiger partial charge in [-0.3, -0.25) is 4.79 Å². The summed E-state index contributed by atoms with van der Waals surface area (Å²) < 4.78 is 45.1. The third-order valence-electron chi connectivity index (χ3n) is 5.44. The third kappa shape index (κ3) is 5.44. The zero-order valence-electron chi connectivity index (χ0n) is 18.1. The lowest BCUT2D eigenvalue weighted by Gasteiger charge is -2.29. The Hall–Kier alpha value is -3.57. The Balaban J connectivity index is 1.46. The number of hydrogen-bond donors (Lipinski definition) is 0. The van der Waals surface area contributed by atoms with Crippen LogP contribution >= 0.6 is 0 Å². The van der Waals surface area contributed by atoms with Gasteiger partial charge < -0.3 is 9.32 Å². The number of nitrogens with zero attached hydrogens (tertiary/aromatic N) is 7.